The lowest BCUT2D eigenvalue weighted by atomic mass is 9.93. The average Bonchev–Trinajstić information content (AvgIpc) is 3.62. The van der Waals surface area contributed by atoms with E-state index in [1.165, 1.54) is 35.9 Å². The first-order valence-electron chi connectivity index (χ1n) is 12.7. The lowest BCUT2D eigenvalue weighted by molar-refractivity contribution is -0.0270. The molecule has 2 saturated heterocycles. The first-order valence-corrected chi connectivity index (χ1v) is 14.3. The number of sulfonamides is 1. The van der Waals surface area contributed by atoms with Crippen molar-refractivity contribution in [3.8, 4) is 5.75 Å². The zero-order valence-electron chi connectivity index (χ0n) is 21.1. The van der Waals surface area contributed by atoms with Crippen LogP contribution < -0.4 is 24.6 Å². The van der Waals surface area contributed by atoms with Crippen molar-refractivity contribution in [3.63, 3.8) is 0 Å². The normalized spacial score (nSPS) is 19.4. The van der Waals surface area contributed by atoms with Crippen LogP contribution in [0.2, 0.25) is 0 Å². The number of ether oxygens (including phenoxy) is 1. The SMILES string of the molecule is O=C(Nc1ccc(NS(=O)(=O)CCO)cc1N1CCC2(CC1)CC2)c1ccc(OCF)c(N2CC(F)(F)C2)n1. The van der Waals surface area contributed by atoms with Crippen LogP contribution in [0.4, 0.5) is 36.1 Å². The number of aliphatic hydroxyl groups is 1. The molecular formula is C25H30F3N5O5S. The van der Waals surface area contributed by atoms with Crippen LogP contribution in [-0.2, 0) is 10.0 Å². The van der Waals surface area contributed by atoms with E-state index in [0.29, 0.717) is 16.8 Å². The number of aromatic nitrogens is 1. The Morgan fingerprint density at radius 1 is 1.08 bits per heavy atom. The molecule has 1 amide bonds. The molecule has 0 bridgehead atoms. The van der Waals surface area contributed by atoms with E-state index in [9.17, 15) is 26.4 Å². The van der Waals surface area contributed by atoms with Gasteiger partial charge in [0.1, 0.15) is 5.69 Å². The van der Waals surface area contributed by atoms with Crippen LogP contribution >= 0.6 is 0 Å². The van der Waals surface area contributed by atoms with Gasteiger partial charge in [-0.2, -0.15) is 0 Å². The first-order chi connectivity index (χ1) is 18.5. The molecule has 1 spiro atoms. The number of amides is 1. The van der Waals surface area contributed by atoms with E-state index >= 15 is 0 Å². The molecule has 14 heteroatoms. The highest BCUT2D eigenvalue weighted by Gasteiger charge is 2.46. The highest BCUT2D eigenvalue weighted by Crippen LogP contribution is 2.54. The fraction of sp³-hybridized carbons (Fsp3) is 0.520. The molecule has 0 atom stereocenters. The van der Waals surface area contributed by atoms with Gasteiger partial charge in [-0.25, -0.2) is 26.6 Å². The average molecular weight is 570 g/mol. The number of piperidine rings is 1. The molecule has 3 fully saturated rings. The first kappa shape index (κ1) is 27.3. The van der Waals surface area contributed by atoms with E-state index in [1.807, 2.05) is 0 Å². The van der Waals surface area contributed by atoms with Gasteiger partial charge in [0.2, 0.25) is 16.9 Å². The Balaban J connectivity index is 1.40. The van der Waals surface area contributed by atoms with E-state index in [0.717, 1.165) is 25.9 Å². The number of carbonyl (C=O) groups excluding carboxylic acids is 1. The van der Waals surface area contributed by atoms with Gasteiger partial charge in [0.25, 0.3) is 11.8 Å². The molecule has 1 aliphatic carbocycles. The molecule has 10 nitrogen and oxygen atoms in total. The van der Waals surface area contributed by atoms with Gasteiger partial charge in [-0.3, -0.25) is 9.52 Å². The second kappa shape index (κ2) is 10.4. The van der Waals surface area contributed by atoms with Gasteiger partial charge in [-0.1, -0.05) is 0 Å². The van der Waals surface area contributed by atoms with Gasteiger partial charge in [0.05, 0.1) is 42.5 Å². The summed E-state index contributed by atoms with van der Waals surface area (Å²) in [6.45, 7) is -1.49. The molecule has 2 aromatic rings. The molecule has 1 saturated carbocycles. The van der Waals surface area contributed by atoms with Crippen molar-refractivity contribution in [3.05, 3.63) is 36.0 Å². The Morgan fingerprint density at radius 2 is 1.79 bits per heavy atom. The third-order valence-corrected chi connectivity index (χ3v) is 8.69. The van der Waals surface area contributed by atoms with E-state index in [2.05, 4.69) is 19.9 Å². The summed E-state index contributed by atoms with van der Waals surface area (Å²) in [5.41, 5.74) is 1.62. The third-order valence-electron chi connectivity index (χ3n) is 7.43. The predicted molar refractivity (Wildman–Crippen MR) is 140 cm³/mol. The maximum absolute atomic E-state index is 13.5. The number of pyridine rings is 1. The van der Waals surface area contributed by atoms with Crippen molar-refractivity contribution in [2.75, 3.05) is 65.2 Å². The topological polar surface area (TPSA) is 124 Å². The second-order valence-corrected chi connectivity index (χ2v) is 12.1. The Bertz CT molecular complexity index is 1340. The molecule has 3 N–H and O–H groups in total. The molecule has 3 heterocycles. The fourth-order valence-electron chi connectivity index (χ4n) is 5.02. The van der Waals surface area contributed by atoms with Crippen molar-refractivity contribution in [2.45, 2.75) is 31.6 Å². The van der Waals surface area contributed by atoms with Crippen molar-refractivity contribution in [1.82, 2.24) is 4.98 Å². The van der Waals surface area contributed by atoms with Crippen LogP contribution in [0.25, 0.3) is 0 Å². The summed E-state index contributed by atoms with van der Waals surface area (Å²) in [6, 6.07) is 7.33. The Hall–Kier alpha value is -3.26. The summed E-state index contributed by atoms with van der Waals surface area (Å²) in [6.07, 6.45) is 4.37. The predicted octanol–water partition coefficient (Wildman–Crippen LogP) is 3.21. The molecule has 212 valence electrons. The van der Waals surface area contributed by atoms with E-state index in [-0.39, 0.29) is 22.9 Å². The van der Waals surface area contributed by atoms with Gasteiger partial charge in [-0.15, -0.1) is 0 Å². The molecular weight excluding hydrogens is 539 g/mol. The molecule has 0 radical (unpaired) electrons. The van der Waals surface area contributed by atoms with Gasteiger partial charge in [0, 0.05) is 13.1 Å². The monoisotopic (exact) mass is 569 g/mol. The summed E-state index contributed by atoms with van der Waals surface area (Å²) >= 11 is 0. The standard InChI is InChI=1S/C25H30F3N5O5S/c26-16-38-21-4-3-19(29-22(21)33-14-25(27,28)15-33)23(35)30-18-2-1-17(31-39(36,37)12-11-34)13-20(18)32-9-7-24(5-6-24)8-10-32/h1-4,13,31,34H,5-12,14-16H2,(H,30,35). The molecule has 2 aliphatic heterocycles. The molecule has 5 rings (SSSR count). The van der Waals surface area contributed by atoms with Crippen LogP contribution in [0.1, 0.15) is 36.2 Å². The Kier molecular flexibility index (Phi) is 7.27. The number of halogens is 3. The van der Waals surface area contributed by atoms with Gasteiger partial charge in [-0.05, 0) is 61.4 Å². The molecule has 0 unspecified atom stereocenters. The summed E-state index contributed by atoms with van der Waals surface area (Å²) in [5.74, 6) is -4.08. The van der Waals surface area contributed by atoms with E-state index < -0.39 is 54.2 Å². The number of carbonyl (C=O) groups is 1. The van der Waals surface area contributed by atoms with Crippen LogP contribution in [0.5, 0.6) is 5.75 Å². The summed E-state index contributed by atoms with van der Waals surface area (Å²) in [5, 5.41) is 11.8. The quantitative estimate of drug-likeness (QED) is 0.399. The molecule has 1 aromatic heterocycles. The number of benzene rings is 1. The smallest absolute Gasteiger partial charge is 0.282 e. The minimum absolute atomic E-state index is 0.0490. The van der Waals surface area contributed by atoms with Gasteiger partial charge >= 0.3 is 0 Å². The van der Waals surface area contributed by atoms with Crippen molar-refractivity contribution < 1.29 is 36.2 Å². The van der Waals surface area contributed by atoms with Crippen molar-refractivity contribution >= 4 is 38.8 Å². The fourth-order valence-corrected chi connectivity index (χ4v) is 5.85. The number of aliphatic hydroxyl groups excluding tert-OH is 1. The van der Waals surface area contributed by atoms with Crippen LogP contribution in [0.3, 0.4) is 0 Å². The number of nitrogens with zero attached hydrogens (tertiary/aromatic N) is 3. The van der Waals surface area contributed by atoms with E-state index in [4.69, 9.17) is 9.84 Å². The summed E-state index contributed by atoms with van der Waals surface area (Å²) < 4.78 is 71.5. The highest BCUT2D eigenvalue weighted by atomic mass is 32.2. The number of anilines is 4. The van der Waals surface area contributed by atoms with E-state index in [1.54, 1.807) is 12.1 Å². The second-order valence-electron chi connectivity index (χ2n) is 10.3. The number of alkyl halides is 3. The largest absolute Gasteiger partial charge is 0.459 e. The van der Waals surface area contributed by atoms with Crippen molar-refractivity contribution in [1.29, 1.82) is 0 Å². The van der Waals surface area contributed by atoms with Gasteiger partial charge < -0.3 is 25.0 Å². The lowest BCUT2D eigenvalue weighted by Crippen LogP contribution is -2.56. The Morgan fingerprint density at radius 3 is 2.41 bits per heavy atom. The Labute approximate surface area is 224 Å². The minimum atomic E-state index is -3.76. The lowest BCUT2D eigenvalue weighted by Gasteiger charge is -2.40. The molecule has 39 heavy (non-hydrogen) atoms. The number of nitrogens with one attached hydrogen (secondary N) is 2. The zero-order chi connectivity index (χ0) is 27.8. The third kappa shape index (κ3) is 6.16. The number of hydrogen-bond donors (Lipinski definition) is 3. The molecule has 1 aromatic carbocycles. The maximum Gasteiger partial charge on any atom is 0.282 e. The maximum atomic E-state index is 13.5. The summed E-state index contributed by atoms with van der Waals surface area (Å²) in [4.78, 5) is 20.7. The summed E-state index contributed by atoms with van der Waals surface area (Å²) in [7, 11) is -3.76. The van der Waals surface area contributed by atoms with Gasteiger partial charge in [0.15, 0.2) is 11.6 Å². The number of hydrogen-bond acceptors (Lipinski definition) is 8. The van der Waals surface area contributed by atoms with Crippen LogP contribution in [0.15, 0.2) is 30.3 Å². The van der Waals surface area contributed by atoms with Crippen molar-refractivity contribution in [2.24, 2.45) is 5.41 Å². The number of rotatable bonds is 10. The zero-order valence-corrected chi connectivity index (χ0v) is 21.9. The highest BCUT2D eigenvalue weighted by molar-refractivity contribution is 7.92. The molecule has 3 aliphatic rings. The minimum Gasteiger partial charge on any atom is -0.459 e. The van der Waals surface area contributed by atoms with Crippen LogP contribution in [0, 0.1) is 5.41 Å². The van der Waals surface area contributed by atoms with Crippen LogP contribution in [-0.4, -0.2) is 75.7 Å².